The Labute approximate surface area is 76.7 Å². The smallest absolute Gasteiger partial charge is 0.0559 e. The van der Waals surface area contributed by atoms with Crippen molar-refractivity contribution >= 4 is 0 Å². The van der Waals surface area contributed by atoms with Gasteiger partial charge in [-0.2, -0.15) is 0 Å². The fraction of sp³-hybridized carbons (Fsp3) is 1.00. The van der Waals surface area contributed by atoms with Crippen LogP contribution in [0, 0.1) is 0 Å². The monoisotopic (exact) mass is 173 g/mol. The van der Waals surface area contributed by atoms with E-state index in [1.165, 1.54) is 19.3 Å². The van der Waals surface area contributed by atoms with E-state index in [2.05, 4.69) is 19.2 Å². The molecule has 0 spiro atoms. The average molecular weight is 173 g/mol. The van der Waals surface area contributed by atoms with Crippen LogP contribution in [0.1, 0.15) is 39.5 Å². The summed E-state index contributed by atoms with van der Waals surface area (Å²) in [7, 11) is 1.98. The van der Waals surface area contributed by atoms with Gasteiger partial charge in [-0.3, -0.25) is 0 Å². The van der Waals surface area contributed by atoms with Crippen LogP contribution >= 0.6 is 0 Å². The van der Waals surface area contributed by atoms with Gasteiger partial charge in [0.1, 0.15) is 0 Å². The number of rotatable bonds is 8. The molecule has 0 aliphatic rings. The number of nitrogens with one attached hydrogen (secondary N) is 1. The van der Waals surface area contributed by atoms with Crippen molar-refractivity contribution in [2.45, 2.75) is 45.6 Å². The zero-order chi connectivity index (χ0) is 9.23. The fourth-order valence-corrected chi connectivity index (χ4v) is 1.07. The molecule has 0 amide bonds. The summed E-state index contributed by atoms with van der Waals surface area (Å²) in [6, 6.07) is 0. The summed E-state index contributed by atoms with van der Waals surface area (Å²) in [5.41, 5.74) is 0. The van der Waals surface area contributed by atoms with Gasteiger partial charge in [0.2, 0.25) is 0 Å². The van der Waals surface area contributed by atoms with E-state index in [0.717, 1.165) is 19.6 Å². The zero-order valence-electron chi connectivity index (χ0n) is 8.73. The zero-order valence-corrected chi connectivity index (χ0v) is 8.73. The van der Waals surface area contributed by atoms with Crippen molar-refractivity contribution in [2.24, 2.45) is 0 Å². The Morgan fingerprint density at radius 1 is 1.33 bits per heavy atom. The molecule has 0 bridgehead atoms. The van der Waals surface area contributed by atoms with Gasteiger partial charge in [0.25, 0.3) is 0 Å². The van der Waals surface area contributed by atoms with Gasteiger partial charge in [0.05, 0.1) is 6.10 Å². The standard InChI is InChI=1S/C10H23NO/c1-4-5-6-9-12-10(2)7-8-11-3/h10-11H,4-9H2,1-3H3. The molecule has 0 aromatic heterocycles. The van der Waals surface area contributed by atoms with Gasteiger partial charge in [-0.1, -0.05) is 19.8 Å². The van der Waals surface area contributed by atoms with E-state index in [1.807, 2.05) is 7.05 Å². The van der Waals surface area contributed by atoms with Gasteiger partial charge in [-0.15, -0.1) is 0 Å². The second-order valence-electron chi connectivity index (χ2n) is 3.28. The quantitative estimate of drug-likeness (QED) is 0.568. The van der Waals surface area contributed by atoms with Gasteiger partial charge in [-0.05, 0) is 33.4 Å². The van der Waals surface area contributed by atoms with Crippen LogP contribution in [-0.4, -0.2) is 26.3 Å². The van der Waals surface area contributed by atoms with Crippen molar-refractivity contribution in [1.82, 2.24) is 5.32 Å². The van der Waals surface area contributed by atoms with Crippen LogP contribution in [0.4, 0.5) is 0 Å². The molecule has 0 fully saturated rings. The summed E-state index contributed by atoms with van der Waals surface area (Å²) in [5, 5.41) is 3.12. The van der Waals surface area contributed by atoms with E-state index < -0.39 is 0 Å². The van der Waals surface area contributed by atoms with Crippen LogP contribution in [0.3, 0.4) is 0 Å². The molecule has 0 aromatic carbocycles. The molecule has 0 radical (unpaired) electrons. The fourth-order valence-electron chi connectivity index (χ4n) is 1.07. The highest BCUT2D eigenvalue weighted by atomic mass is 16.5. The van der Waals surface area contributed by atoms with Crippen molar-refractivity contribution in [1.29, 1.82) is 0 Å². The Morgan fingerprint density at radius 2 is 2.08 bits per heavy atom. The van der Waals surface area contributed by atoms with Gasteiger partial charge in [0, 0.05) is 6.61 Å². The largest absolute Gasteiger partial charge is 0.378 e. The molecule has 2 heteroatoms. The van der Waals surface area contributed by atoms with E-state index in [0.29, 0.717) is 6.10 Å². The maximum Gasteiger partial charge on any atom is 0.0559 e. The Hall–Kier alpha value is -0.0800. The number of ether oxygens (including phenoxy) is 1. The van der Waals surface area contributed by atoms with Crippen LogP contribution < -0.4 is 5.32 Å². The third-order valence-corrected chi connectivity index (χ3v) is 1.95. The highest BCUT2D eigenvalue weighted by molar-refractivity contribution is 4.51. The van der Waals surface area contributed by atoms with Crippen molar-refractivity contribution in [3.8, 4) is 0 Å². The van der Waals surface area contributed by atoms with E-state index in [-0.39, 0.29) is 0 Å². The predicted octanol–water partition coefficient (Wildman–Crippen LogP) is 2.19. The summed E-state index contributed by atoms with van der Waals surface area (Å²) >= 11 is 0. The van der Waals surface area contributed by atoms with E-state index in [9.17, 15) is 0 Å². The van der Waals surface area contributed by atoms with E-state index >= 15 is 0 Å². The Morgan fingerprint density at radius 3 is 2.67 bits per heavy atom. The molecule has 2 nitrogen and oxygen atoms in total. The van der Waals surface area contributed by atoms with Crippen LogP contribution in [0.2, 0.25) is 0 Å². The molecule has 0 saturated carbocycles. The Bertz CT molecular complexity index is 85.9. The molecule has 12 heavy (non-hydrogen) atoms. The first-order chi connectivity index (χ1) is 5.81. The van der Waals surface area contributed by atoms with Crippen molar-refractivity contribution in [3.63, 3.8) is 0 Å². The SMILES string of the molecule is CCCCCOC(C)CCNC. The maximum atomic E-state index is 5.61. The molecule has 0 heterocycles. The highest BCUT2D eigenvalue weighted by Gasteiger charge is 1.99. The van der Waals surface area contributed by atoms with Crippen LogP contribution in [0.5, 0.6) is 0 Å². The number of hydrogen-bond acceptors (Lipinski definition) is 2. The topological polar surface area (TPSA) is 21.3 Å². The minimum Gasteiger partial charge on any atom is -0.378 e. The average Bonchev–Trinajstić information content (AvgIpc) is 2.09. The number of unbranched alkanes of at least 4 members (excludes halogenated alkanes) is 2. The lowest BCUT2D eigenvalue weighted by molar-refractivity contribution is 0.0582. The van der Waals surface area contributed by atoms with E-state index in [4.69, 9.17) is 4.74 Å². The second-order valence-corrected chi connectivity index (χ2v) is 3.28. The summed E-state index contributed by atoms with van der Waals surface area (Å²) in [5.74, 6) is 0. The van der Waals surface area contributed by atoms with Gasteiger partial charge < -0.3 is 10.1 Å². The summed E-state index contributed by atoms with van der Waals surface area (Å²) in [6.45, 7) is 6.33. The lowest BCUT2D eigenvalue weighted by Gasteiger charge is -2.12. The second kappa shape index (κ2) is 9.01. The van der Waals surface area contributed by atoms with Crippen LogP contribution in [0.15, 0.2) is 0 Å². The summed E-state index contributed by atoms with van der Waals surface area (Å²) < 4.78 is 5.61. The van der Waals surface area contributed by atoms with Crippen molar-refractivity contribution in [3.05, 3.63) is 0 Å². The lowest BCUT2D eigenvalue weighted by Crippen LogP contribution is -2.17. The summed E-state index contributed by atoms with van der Waals surface area (Å²) in [4.78, 5) is 0. The van der Waals surface area contributed by atoms with Gasteiger partial charge in [-0.25, -0.2) is 0 Å². The van der Waals surface area contributed by atoms with Gasteiger partial charge >= 0.3 is 0 Å². The first-order valence-electron chi connectivity index (χ1n) is 5.07. The molecule has 0 aliphatic heterocycles. The molecule has 0 aliphatic carbocycles. The first-order valence-corrected chi connectivity index (χ1v) is 5.07. The lowest BCUT2D eigenvalue weighted by atomic mass is 10.2. The third kappa shape index (κ3) is 8.02. The maximum absolute atomic E-state index is 5.61. The predicted molar refractivity (Wildman–Crippen MR) is 53.5 cm³/mol. The molecule has 0 aromatic rings. The molecule has 1 N–H and O–H groups in total. The summed E-state index contributed by atoms with van der Waals surface area (Å²) in [6.07, 6.45) is 5.30. The third-order valence-electron chi connectivity index (χ3n) is 1.95. The number of hydrogen-bond donors (Lipinski definition) is 1. The Balaban J connectivity index is 3.02. The minimum atomic E-state index is 0.411. The molecular weight excluding hydrogens is 150 g/mol. The van der Waals surface area contributed by atoms with Gasteiger partial charge in [0.15, 0.2) is 0 Å². The highest BCUT2D eigenvalue weighted by Crippen LogP contribution is 2.00. The van der Waals surface area contributed by atoms with Crippen molar-refractivity contribution < 1.29 is 4.74 Å². The van der Waals surface area contributed by atoms with E-state index in [1.54, 1.807) is 0 Å². The normalized spacial score (nSPS) is 13.2. The Kier molecular flexibility index (Phi) is 8.95. The molecule has 1 unspecified atom stereocenters. The molecular formula is C10H23NO. The molecule has 1 atom stereocenters. The molecule has 0 rings (SSSR count). The molecule has 74 valence electrons. The molecule has 0 saturated heterocycles. The van der Waals surface area contributed by atoms with Crippen molar-refractivity contribution in [2.75, 3.05) is 20.2 Å². The van der Waals surface area contributed by atoms with Crippen LogP contribution in [-0.2, 0) is 4.74 Å². The van der Waals surface area contributed by atoms with Crippen LogP contribution in [0.25, 0.3) is 0 Å². The minimum absolute atomic E-state index is 0.411. The first kappa shape index (κ1) is 11.9.